The van der Waals surface area contributed by atoms with Crippen molar-refractivity contribution in [2.24, 2.45) is 0 Å². The van der Waals surface area contributed by atoms with Crippen molar-refractivity contribution in [2.45, 2.75) is 6.54 Å². The Hall–Kier alpha value is -0.580. The molecule has 5 heteroatoms. The van der Waals surface area contributed by atoms with Gasteiger partial charge in [0, 0.05) is 15.5 Å². The van der Waals surface area contributed by atoms with Crippen LogP contribution < -0.4 is 5.32 Å². The first-order valence-corrected chi connectivity index (χ1v) is 7.16. The standard InChI is InChI=1S/C13H9Br2ClFN/c14-9-5-4-8(6-10(9)15)7-18-12-3-1-2-11(16)13(12)17/h1-6,18H,7H2. The van der Waals surface area contributed by atoms with Gasteiger partial charge < -0.3 is 5.32 Å². The Morgan fingerprint density at radius 3 is 2.61 bits per heavy atom. The van der Waals surface area contributed by atoms with E-state index in [2.05, 4.69) is 37.2 Å². The van der Waals surface area contributed by atoms with Crippen molar-refractivity contribution in [2.75, 3.05) is 5.32 Å². The number of benzene rings is 2. The molecule has 18 heavy (non-hydrogen) atoms. The van der Waals surface area contributed by atoms with Gasteiger partial charge in [-0.3, -0.25) is 0 Å². The van der Waals surface area contributed by atoms with Gasteiger partial charge in [0.25, 0.3) is 0 Å². The average Bonchev–Trinajstić information content (AvgIpc) is 2.35. The zero-order chi connectivity index (χ0) is 13.1. The molecule has 0 radical (unpaired) electrons. The maximum absolute atomic E-state index is 13.6. The maximum atomic E-state index is 13.6. The van der Waals surface area contributed by atoms with Crippen molar-refractivity contribution in [3.8, 4) is 0 Å². The third kappa shape index (κ3) is 3.25. The van der Waals surface area contributed by atoms with Gasteiger partial charge in [-0.2, -0.15) is 0 Å². The van der Waals surface area contributed by atoms with E-state index in [-0.39, 0.29) is 5.02 Å². The molecule has 0 saturated carbocycles. The zero-order valence-corrected chi connectivity index (χ0v) is 13.1. The highest BCUT2D eigenvalue weighted by molar-refractivity contribution is 9.13. The molecule has 0 saturated heterocycles. The summed E-state index contributed by atoms with van der Waals surface area (Å²) in [6.07, 6.45) is 0. The summed E-state index contributed by atoms with van der Waals surface area (Å²) in [6, 6.07) is 10.8. The van der Waals surface area contributed by atoms with Gasteiger partial charge in [-0.25, -0.2) is 4.39 Å². The van der Waals surface area contributed by atoms with Crippen LogP contribution in [0.25, 0.3) is 0 Å². The van der Waals surface area contributed by atoms with E-state index in [1.54, 1.807) is 12.1 Å². The van der Waals surface area contributed by atoms with Crippen molar-refractivity contribution in [3.63, 3.8) is 0 Å². The first-order valence-electron chi connectivity index (χ1n) is 5.20. The second kappa shape index (κ2) is 6.04. The van der Waals surface area contributed by atoms with Gasteiger partial charge in [0.15, 0.2) is 5.82 Å². The highest BCUT2D eigenvalue weighted by atomic mass is 79.9. The van der Waals surface area contributed by atoms with Crippen LogP contribution in [0.4, 0.5) is 10.1 Å². The second-order valence-corrected chi connectivity index (χ2v) is 5.82. The van der Waals surface area contributed by atoms with E-state index in [0.717, 1.165) is 14.5 Å². The second-order valence-electron chi connectivity index (χ2n) is 3.70. The van der Waals surface area contributed by atoms with Crippen molar-refractivity contribution < 1.29 is 4.39 Å². The number of anilines is 1. The molecule has 1 N–H and O–H groups in total. The third-order valence-electron chi connectivity index (χ3n) is 2.42. The van der Waals surface area contributed by atoms with Gasteiger partial charge in [0.2, 0.25) is 0 Å². The van der Waals surface area contributed by atoms with Crippen molar-refractivity contribution in [1.29, 1.82) is 0 Å². The fraction of sp³-hybridized carbons (Fsp3) is 0.0769. The summed E-state index contributed by atoms with van der Waals surface area (Å²) in [5.41, 5.74) is 1.45. The maximum Gasteiger partial charge on any atom is 0.164 e. The number of halogens is 4. The van der Waals surface area contributed by atoms with E-state index in [0.29, 0.717) is 12.2 Å². The van der Waals surface area contributed by atoms with Gasteiger partial charge in [-0.05, 0) is 61.7 Å². The predicted molar refractivity (Wildman–Crippen MR) is 80.6 cm³/mol. The van der Waals surface area contributed by atoms with E-state index < -0.39 is 5.82 Å². The van der Waals surface area contributed by atoms with E-state index in [1.807, 2.05) is 18.2 Å². The molecule has 0 aromatic heterocycles. The third-order valence-corrected chi connectivity index (χ3v) is 4.59. The molecular formula is C13H9Br2ClFN. The predicted octanol–water partition coefficient (Wildman–Crippen LogP) is 5.62. The van der Waals surface area contributed by atoms with Crippen molar-refractivity contribution in [3.05, 3.63) is 61.7 Å². The van der Waals surface area contributed by atoms with E-state index >= 15 is 0 Å². The van der Waals surface area contributed by atoms with Crippen LogP contribution in [0.3, 0.4) is 0 Å². The van der Waals surface area contributed by atoms with E-state index in [9.17, 15) is 4.39 Å². The molecule has 0 fully saturated rings. The van der Waals surface area contributed by atoms with Crippen LogP contribution in [0.15, 0.2) is 45.3 Å². The van der Waals surface area contributed by atoms with Crippen LogP contribution in [-0.4, -0.2) is 0 Å². The van der Waals surface area contributed by atoms with Gasteiger partial charge in [0.1, 0.15) is 0 Å². The first kappa shape index (κ1) is 13.8. The Kier molecular flexibility index (Phi) is 4.65. The summed E-state index contributed by atoms with van der Waals surface area (Å²) in [5, 5.41) is 3.14. The molecule has 0 heterocycles. The molecule has 0 atom stereocenters. The first-order chi connectivity index (χ1) is 8.58. The molecule has 0 aliphatic rings. The van der Waals surface area contributed by atoms with Gasteiger partial charge >= 0.3 is 0 Å². The summed E-state index contributed by atoms with van der Waals surface area (Å²) < 4.78 is 15.6. The van der Waals surface area contributed by atoms with Crippen LogP contribution >= 0.6 is 43.5 Å². The molecule has 0 aliphatic carbocycles. The minimum Gasteiger partial charge on any atom is -0.379 e. The monoisotopic (exact) mass is 391 g/mol. The van der Waals surface area contributed by atoms with E-state index in [4.69, 9.17) is 11.6 Å². The Balaban J connectivity index is 2.11. The molecule has 0 bridgehead atoms. The molecule has 0 amide bonds. The molecule has 1 nitrogen and oxygen atoms in total. The number of rotatable bonds is 3. The number of hydrogen-bond acceptors (Lipinski definition) is 1. The van der Waals surface area contributed by atoms with Crippen LogP contribution in [-0.2, 0) is 6.54 Å². The highest BCUT2D eigenvalue weighted by Gasteiger charge is 2.06. The smallest absolute Gasteiger partial charge is 0.164 e. The molecule has 94 valence electrons. The number of hydrogen-bond donors (Lipinski definition) is 1. The topological polar surface area (TPSA) is 12.0 Å². The molecule has 2 aromatic rings. The Labute approximate surface area is 127 Å². The summed E-state index contributed by atoms with van der Waals surface area (Å²) in [5.74, 6) is -0.421. The Morgan fingerprint density at radius 1 is 1.11 bits per heavy atom. The summed E-state index contributed by atoms with van der Waals surface area (Å²) in [4.78, 5) is 0. The minimum atomic E-state index is -0.421. The van der Waals surface area contributed by atoms with Gasteiger partial charge in [-0.15, -0.1) is 0 Å². The lowest BCUT2D eigenvalue weighted by Gasteiger charge is -2.09. The van der Waals surface area contributed by atoms with Crippen molar-refractivity contribution in [1.82, 2.24) is 0 Å². The van der Waals surface area contributed by atoms with Gasteiger partial charge in [0.05, 0.1) is 10.7 Å². The number of nitrogens with one attached hydrogen (secondary N) is 1. The lowest BCUT2D eigenvalue weighted by molar-refractivity contribution is 0.630. The van der Waals surface area contributed by atoms with Crippen LogP contribution in [0.2, 0.25) is 5.02 Å². The highest BCUT2D eigenvalue weighted by Crippen LogP contribution is 2.25. The summed E-state index contributed by atoms with van der Waals surface area (Å²) in [7, 11) is 0. The molecule has 2 aromatic carbocycles. The fourth-order valence-electron chi connectivity index (χ4n) is 1.49. The largest absolute Gasteiger partial charge is 0.379 e. The molecule has 2 rings (SSSR count). The minimum absolute atomic E-state index is 0.122. The normalized spacial score (nSPS) is 10.4. The summed E-state index contributed by atoms with van der Waals surface area (Å²) >= 11 is 12.5. The lowest BCUT2D eigenvalue weighted by Crippen LogP contribution is -2.01. The SMILES string of the molecule is Fc1c(Cl)cccc1NCc1ccc(Br)c(Br)c1. The molecule has 0 aliphatic heterocycles. The van der Waals surface area contributed by atoms with E-state index in [1.165, 1.54) is 6.07 Å². The van der Waals surface area contributed by atoms with Crippen molar-refractivity contribution >= 4 is 49.1 Å². The average molecular weight is 393 g/mol. The van der Waals surface area contributed by atoms with Crippen LogP contribution in [0, 0.1) is 5.82 Å². The molecule has 0 unspecified atom stereocenters. The van der Waals surface area contributed by atoms with Crippen LogP contribution in [0.1, 0.15) is 5.56 Å². The quantitative estimate of drug-likeness (QED) is 0.714. The van der Waals surface area contributed by atoms with Crippen LogP contribution in [0.5, 0.6) is 0 Å². The molecule has 0 spiro atoms. The fourth-order valence-corrected chi connectivity index (χ4v) is 2.33. The Bertz CT molecular complexity index is 575. The lowest BCUT2D eigenvalue weighted by atomic mass is 10.2. The Morgan fingerprint density at radius 2 is 1.89 bits per heavy atom. The summed E-state index contributed by atoms with van der Waals surface area (Å²) in [6.45, 7) is 0.531. The zero-order valence-electron chi connectivity index (χ0n) is 9.18. The molecular weight excluding hydrogens is 384 g/mol. The van der Waals surface area contributed by atoms with Gasteiger partial charge in [-0.1, -0.05) is 23.7 Å².